The quantitative estimate of drug-likeness (QED) is 0.639. The van der Waals surface area contributed by atoms with Crippen molar-refractivity contribution >= 4 is 35.6 Å². The molecule has 2 heterocycles. The normalized spacial score (nSPS) is 16.8. The number of hydroxylamine groups is 4. The fraction of sp³-hybridized carbons (Fsp3) is 0.647. The van der Waals surface area contributed by atoms with Crippen molar-refractivity contribution < 1.29 is 38.4 Å². The van der Waals surface area contributed by atoms with Crippen LogP contribution in [0.25, 0.3) is 0 Å². The molecule has 0 unspecified atom stereocenters. The smallest absolute Gasteiger partial charge is 0.330 e. The first-order valence-corrected chi connectivity index (χ1v) is 8.67. The lowest BCUT2D eigenvalue weighted by molar-refractivity contribution is -0.199. The maximum Gasteiger partial charge on any atom is 0.335 e. The SMILES string of the molecule is CC(C)C(=O)ON1C(=O)CCC1=O.CC(C)CC(=O)ON1C(=O)CCC1=O. The van der Waals surface area contributed by atoms with E-state index in [9.17, 15) is 28.8 Å². The second-order valence-electron chi connectivity index (χ2n) is 6.79. The number of hydrogen-bond donors (Lipinski definition) is 0. The molecule has 0 bridgehead atoms. The molecule has 0 atom stereocenters. The Balaban J connectivity index is 0.000000271. The van der Waals surface area contributed by atoms with Crippen molar-refractivity contribution in [1.82, 2.24) is 10.1 Å². The van der Waals surface area contributed by atoms with Crippen molar-refractivity contribution in [1.29, 1.82) is 0 Å². The molecule has 0 aliphatic carbocycles. The molecule has 0 saturated carbocycles. The van der Waals surface area contributed by atoms with Gasteiger partial charge in [0, 0.05) is 25.7 Å². The van der Waals surface area contributed by atoms with Crippen molar-refractivity contribution in [3.8, 4) is 0 Å². The summed E-state index contributed by atoms with van der Waals surface area (Å²) >= 11 is 0. The zero-order valence-electron chi connectivity index (χ0n) is 15.9. The van der Waals surface area contributed by atoms with E-state index < -0.39 is 35.6 Å². The zero-order chi connectivity index (χ0) is 20.7. The Kier molecular flexibility index (Phi) is 8.07. The van der Waals surface area contributed by atoms with E-state index in [2.05, 4.69) is 9.68 Å². The van der Waals surface area contributed by atoms with Crippen LogP contribution >= 0.6 is 0 Å². The van der Waals surface area contributed by atoms with E-state index in [1.54, 1.807) is 13.8 Å². The minimum absolute atomic E-state index is 0.129. The fourth-order valence-electron chi connectivity index (χ4n) is 1.98. The molecule has 10 nitrogen and oxygen atoms in total. The molecular formula is C17H24N2O8. The number of carbonyl (C=O) groups excluding carboxylic acids is 6. The van der Waals surface area contributed by atoms with E-state index in [1.165, 1.54) is 0 Å². The van der Waals surface area contributed by atoms with Gasteiger partial charge in [0.1, 0.15) is 0 Å². The Morgan fingerprint density at radius 2 is 1.15 bits per heavy atom. The van der Waals surface area contributed by atoms with Crippen molar-refractivity contribution in [2.75, 3.05) is 0 Å². The predicted octanol–water partition coefficient (Wildman–Crippen LogP) is 0.889. The number of imide groups is 2. The van der Waals surface area contributed by atoms with Gasteiger partial charge in [-0.2, -0.15) is 0 Å². The van der Waals surface area contributed by atoms with Gasteiger partial charge in [-0.05, 0) is 5.92 Å². The minimum Gasteiger partial charge on any atom is -0.330 e. The summed E-state index contributed by atoms with van der Waals surface area (Å²) in [5.74, 6) is -3.07. The maximum absolute atomic E-state index is 11.1. The summed E-state index contributed by atoms with van der Waals surface area (Å²) in [7, 11) is 0. The molecule has 27 heavy (non-hydrogen) atoms. The van der Waals surface area contributed by atoms with Crippen LogP contribution in [0.4, 0.5) is 0 Å². The van der Waals surface area contributed by atoms with E-state index in [1.807, 2.05) is 13.8 Å². The minimum atomic E-state index is -0.566. The van der Waals surface area contributed by atoms with Gasteiger partial charge in [-0.3, -0.25) is 19.2 Å². The topological polar surface area (TPSA) is 127 Å². The summed E-state index contributed by atoms with van der Waals surface area (Å²) in [5, 5.41) is 1.13. The summed E-state index contributed by atoms with van der Waals surface area (Å²) in [6.45, 7) is 6.98. The van der Waals surface area contributed by atoms with Gasteiger partial charge in [0.05, 0.1) is 12.3 Å². The molecule has 0 aromatic carbocycles. The summed E-state index contributed by atoms with van der Waals surface area (Å²) in [5.41, 5.74) is 0. The largest absolute Gasteiger partial charge is 0.335 e. The monoisotopic (exact) mass is 384 g/mol. The first-order valence-electron chi connectivity index (χ1n) is 8.67. The molecule has 0 spiro atoms. The van der Waals surface area contributed by atoms with Crippen LogP contribution in [0.5, 0.6) is 0 Å². The number of hydrogen-bond acceptors (Lipinski definition) is 8. The van der Waals surface area contributed by atoms with Gasteiger partial charge >= 0.3 is 11.9 Å². The molecule has 0 aromatic heterocycles. The molecule has 2 saturated heterocycles. The van der Waals surface area contributed by atoms with Crippen LogP contribution in [0.3, 0.4) is 0 Å². The van der Waals surface area contributed by atoms with Crippen LogP contribution in [-0.2, 0) is 38.4 Å². The molecule has 4 amide bonds. The molecule has 2 aliphatic heterocycles. The highest BCUT2D eigenvalue weighted by molar-refractivity contribution is 6.02. The van der Waals surface area contributed by atoms with Gasteiger partial charge in [-0.15, -0.1) is 10.1 Å². The Morgan fingerprint density at radius 3 is 1.48 bits per heavy atom. The molecule has 2 rings (SSSR count). The van der Waals surface area contributed by atoms with E-state index in [0.717, 1.165) is 0 Å². The van der Waals surface area contributed by atoms with Crippen LogP contribution in [0.15, 0.2) is 0 Å². The van der Waals surface area contributed by atoms with E-state index in [4.69, 9.17) is 0 Å². The predicted molar refractivity (Wildman–Crippen MR) is 88.7 cm³/mol. The lowest BCUT2D eigenvalue weighted by Crippen LogP contribution is -2.33. The molecule has 150 valence electrons. The lowest BCUT2D eigenvalue weighted by Gasteiger charge is -2.13. The summed E-state index contributed by atoms with van der Waals surface area (Å²) < 4.78 is 0. The number of carbonyl (C=O) groups is 6. The van der Waals surface area contributed by atoms with Crippen molar-refractivity contribution in [3.63, 3.8) is 0 Å². The summed E-state index contributed by atoms with van der Waals surface area (Å²) in [6, 6.07) is 0. The van der Waals surface area contributed by atoms with Crippen LogP contribution in [0.2, 0.25) is 0 Å². The first kappa shape index (κ1) is 22.3. The lowest BCUT2D eigenvalue weighted by atomic mass is 10.1. The van der Waals surface area contributed by atoms with Gasteiger partial charge < -0.3 is 9.68 Å². The Morgan fingerprint density at radius 1 is 0.778 bits per heavy atom. The molecule has 2 aliphatic rings. The average molecular weight is 384 g/mol. The van der Waals surface area contributed by atoms with Gasteiger partial charge in [0.15, 0.2) is 0 Å². The first-order chi connectivity index (χ1) is 12.5. The summed E-state index contributed by atoms with van der Waals surface area (Å²) in [6.07, 6.45) is 0.729. The van der Waals surface area contributed by atoms with Gasteiger partial charge in [-0.25, -0.2) is 9.59 Å². The number of nitrogens with zero attached hydrogens (tertiary/aromatic N) is 2. The molecule has 0 aromatic rings. The number of amides is 4. The van der Waals surface area contributed by atoms with E-state index in [0.29, 0.717) is 10.1 Å². The van der Waals surface area contributed by atoms with Crippen LogP contribution in [0, 0.1) is 11.8 Å². The fourth-order valence-corrected chi connectivity index (χ4v) is 1.98. The number of rotatable bonds is 5. The third-order valence-electron chi connectivity index (χ3n) is 3.43. The molecule has 0 N–H and O–H groups in total. The van der Waals surface area contributed by atoms with Gasteiger partial charge in [0.2, 0.25) is 0 Å². The third kappa shape index (κ3) is 6.80. The average Bonchev–Trinajstić information content (AvgIpc) is 3.04. The highest BCUT2D eigenvalue weighted by Gasteiger charge is 2.33. The second kappa shape index (κ2) is 9.79. The zero-order valence-corrected chi connectivity index (χ0v) is 15.9. The standard InChI is InChI=1S/C9H13NO4.C8H11NO4/c1-6(2)5-9(13)14-10-7(11)3-4-8(10)12;1-5(2)8(12)13-9-6(10)3-4-7(9)11/h6H,3-5H2,1-2H3;5H,3-4H2,1-2H3. The van der Waals surface area contributed by atoms with Gasteiger partial charge in [-0.1, -0.05) is 27.7 Å². The van der Waals surface area contributed by atoms with Crippen molar-refractivity contribution in [2.24, 2.45) is 11.8 Å². The second-order valence-corrected chi connectivity index (χ2v) is 6.79. The van der Waals surface area contributed by atoms with Crippen LogP contribution in [0.1, 0.15) is 59.8 Å². The van der Waals surface area contributed by atoms with E-state index >= 15 is 0 Å². The van der Waals surface area contributed by atoms with Crippen molar-refractivity contribution in [2.45, 2.75) is 59.8 Å². The molecule has 0 radical (unpaired) electrons. The van der Waals surface area contributed by atoms with E-state index in [-0.39, 0.29) is 43.9 Å². The van der Waals surface area contributed by atoms with Crippen LogP contribution < -0.4 is 0 Å². The van der Waals surface area contributed by atoms with Crippen molar-refractivity contribution in [3.05, 3.63) is 0 Å². The Hall–Kier alpha value is -2.78. The highest BCUT2D eigenvalue weighted by atomic mass is 16.7. The Bertz CT molecular complexity index is 609. The molecular weight excluding hydrogens is 360 g/mol. The van der Waals surface area contributed by atoms with Crippen LogP contribution in [-0.4, -0.2) is 45.7 Å². The highest BCUT2D eigenvalue weighted by Crippen LogP contribution is 2.14. The molecule has 2 fully saturated rings. The summed E-state index contributed by atoms with van der Waals surface area (Å²) in [4.78, 5) is 75.4. The Labute approximate surface area is 156 Å². The molecule has 10 heteroatoms. The third-order valence-corrected chi connectivity index (χ3v) is 3.43. The maximum atomic E-state index is 11.1. The van der Waals surface area contributed by atoms with Gasteiger partial charge in [0.25, 0.3) is 23.6 Å².